The highest BCUT2D eigenvalue weighted by Crippen LogP contribution is 2.33. The van der Waals surface area contributed by atoms with Gasteiger partial charge in [-0.3, -0.25) is 4.79 Å². The van der Waals surface area contributed by atoms with Crippen LogP contribution in [0.3, 0.4) is 0 Å². The van der Waals surface area contributed by atoms with Crippen LogP contribution >= 0.6 is 0 Å². The molecule has 0 bridgehead atoms. The van der Waals surface area contributed by atoms with Gasteiger partial charge < -0.3 is 5.11 Å². The molecule has 1 atom stereocenters. The number of carboxylic acids is 1. The number of allylic oxidation sites excluding steroid dienone is 1. The van der Waals surface area contributed by atoms with E-state index in [9.17, 15) is 9.18 Å². The SMILES string of the molecule is CC(C(=O)O)C1=CCc2cc(F)ccc21. The zero-order valence-electron chi connectivity index (χ0n) is 8.33. The second kappa shape index (κ2) is 3.50. The van der Waals surface area contributed by atoms with Crippen molar-refractivity contribution < 1.29 is 14.3 Å². The van der Waals surface area contributed by atoms with Gasteiger partial charge in [-0.1, -0.05) is 12.1 Å². The molecule has 78 valence electrons. The van der Waals surface area contributed by atoms with Crippen LogP contribution < -0.4 is 0 Å². The average Bonchev–Trinajstić information content (AvgIpc) is 2.59. The highest BCUT2D eigenvalue weighted by atomic mass is 19.1. The first-order valence-corrected chi connectivity index (χ1v) is 4.81. The Labute approximate surface area is 87.0 Å². The molecule has 0 aliphatic heterocycles. The molecule has 1 N–H and O–H groups in total. The Balaban J connectivity index is 2.39. The Morgan fingerprint density at radius 1 is 1.53 bits per heavy atom. The van der Waals surface area contributed by atoms with Crippen molar-refractivity contribution in [1.29, 1.82) is 0 Å². The van der Waals surface area contributed by atoms with E-state index in [1.54, 1.807) is 13.0 Å². The van der Waals surface area contributed by atoms with E-state index in [4.69, 9.17) is 5.11 Å². The number of carboxylic acid groups (broad SMARTS) is 1. The summed E-state index contributed by atoms with van der Waals surface area (Å²) in [6, 6.07) is 4.49. The zero-order valence-corrected chi connectivity index (χ0v) is 8.33. The topological polar surface area (TPSA) is 37.3 Å². The van der Waals surface area contributed by atoms with Crippen LogP contribution in [0.15, 0.2) is 24.3 Å². The first-order valence-electron chi connectivity index (χ1n) is 4.81. The summed E-state index contributed by atoms with van der Waals surface area (Å²) in [5.74, 6) is -1.65. The highest BCUT2D eigenvalue weighted by molar-refractivity contribution is 5.89. The summed E-state index contributed by atoms with van der Waals surface area (Å²) in [5, 5.41) is 8.91. The van der Waals surface area contributed by atoms with Gasteiger partial charge in [-0.2, -0.15) is 0 Å². The van der Waals surface area contributed by atoms with Crippen LogP contribution in [-0.2, 0) is 11.2 Å². The van der Waals surface area contributed by atoms with Gasteiger partial charge in [0.1, 0.15) is 5.82 Å². The van der Waals surface area contributed by atoms with Crippen molar-refractivity contribution in [3.8, 4) is 0 Å². The lowest BCUT2D eigenvalue weighted by molar-refractivity contribution is -0.139. The number of halogens is 1. The number of carbonyl (C=O) groups is 1. The molecule has 0 saturated carbocycles. The van der Waals surface area contributed by atoms with Gasteiger partial charge in [-0.05, 0) is 42.2 Å². The Morgan fingerprint density at radius 2 is 2.27 bits per heavy atom. The Hall–Kier alpha value is -1.64. The normalized spacial score (nSPS) is 15.7. The summed E-state index contributed by atoms with van der Waals surface area (Å²) >= 11 is 0. The maximum absolute atomic E-state index is 12.9. The molecule has 0 aromatic heterocycles. The van der Waals surface area contributed by atoms with Crippen LogP contribution in [0, 0.1) is 11.7 Å². The molecule has 0 spiro atoms. The van der Waals surface area contributed by atoms with Gasteiger partial charge in [-0.25, -0.2) is 4.39 Å². The average molecular weight is 206 g/mol. The fourth-order valence-corrected chi connectivity index (χ4v) is 1.89. The molecule has 1 aromatic rings. The maximum atomic E-state index is 12.9. The Kier molecular flexibility index (Phi) is 2.31. The van der Waals surface area contributed by atoms with Crippen molar-refractivity contribution in [1.82, 2.24) is 0 Å². The Bertz CT molecular complexity index is 449. The first kappa shape index (κ1) is 9.90. The molecular formula is C12H11FO2. The molecule has 1 unspecified atom stereocenters. The molecular weight excluding hydrogens is 195 g/mol. The van der Waals surface area contributed by atoms with Crippen LogP contribution in [0.4, 0.5) is 4.39 Å². The third kappa shape index (κ3) is 1.65. The summed E-state index contributed by atoms with van der Waals surface area (Å²) < 4.78 is 12.9. The number of rotatable bonds is 2. The molecule has 0 amide bonds. The van der Waals surface area contributed by atoms with E-state index in [1.807, 2.05) is 6.08 Å². The second-order valence-electron chi connectivity index (χ2n) is 3.72. The van der Waals surface area contributed by atoms with E-state index in [2.05, 4.69) is 0 Å². The third-order valence-electron chi connectivity index (χ3n) is 2.76. The molecule has 1 aromatic carbocycles. The van der Waals surface area contributed by atoms with E-state index in [-0.39, 0.29) is 5.82 Å². The van der Waals surface area contributed by atoms with E-state index >= 15 is 0 Å². The minimum Gasteiger partial charge on any atom is -0.481 e. The molecule has 0 fully saturated rings. The first-order chi connectivity index (χ1) is 7.09. The highest BCUT2D eigenvalue weighted by Gasteiger charge is 2.23. The number of hydrogen-bond donors (Lipinski definition) is 1. The fraction of sp³-hybridized carbons (Fsp3) is 0.250. The quantitative estimate of drug-likeness (QED) is 0.807. The molecule has 0 radical (unpaired) electrons. The molecule has 0 saturated heterocycles. The van der Waals surface area contributed by atoms with Gasteiger partial charge in [0.05, 0.1) is 5.92 Å². The standard InChI is InChI=1S/C12H11FO2/c1-7(12(14)15)10-4-2-8-6-9(13)3-5-11(8)10/h3-7H,2H2,1H3,(H,14,15). The maximum Gasteiger partial charge on any atom is 0.310 e. The fourth-order valence-electron chi connectivity index (χ4n) is 1.89. The summed E-state index contributed by atoms with van der Waals surface area (Å²) in [6.45, 7) is 1.65. The van der Waals surface area contributed by atoms with Gasteiger partial charge in [0.25, 0.3) is 0 Å². The van der Waals surface area contributed by atoms with E-state index in [0.29, 0.717) is 6.42 Å². The molecule has 15 heavy (non-hydrogen) atoms. The van der Waals surface area contributed by atoms with Crippen LogP contribution in [0.5, 0.6) is 0 Å². The summed E-state index contributed by atoms with van der Waals surface area (Å²) in [7, 11) is 0. The van der Waals surface area contributed by atoms with Crippen molar-refractivity contribution in [3.63, 3.8) is 0 Å². The number of fused-ring (bicyclic) bond motifs is 1. The number of benzene rings is 1. The third-order valence-corrected chi connectivity index (χ3v) is 2.76. The molecule has 2 rings (SSSR count). The van der Waals surface area contributed by atoms with Crippen LogP contribution in [0.25, 0.3) is 5.57 Å². The molecule has 3 heteroatoms. The van der Waals surface area contributed by atoms with Crippen molar-refractivity contribution in [3.05, 3.63) is 41.2 Å². The van der Waals surface area contributed by atoms with Gasteiger partial charge in [0.2, 0.25) is 0 Å². The molecule has 1 aliphatic carbocycles. The van der Waals surface area contributed by atoms with E-state index < -0.39 is 11.9 Å². The van der Waals surface area contributed by atoms with Crippen LogP contribution in [0.1, 0.15) is 18.1 Å². The van der Waals surface area contributed by atoms with Gasteiger partial charge >= 0.3 is 5.97 Å². The summed E-state index contributed by atoms with van der Waals surface area (Å²) in [5.41, 5.74) is 2.53. The number of aliphatic carboxylic acids is 1. The van der Waals surface area contributed by atoms with Crippen molar-refractivity contribution in [2.75, 3.05) is 0 Å². The predicted octanol–water partition coefficient (Wildman–Crippen LogP) is 2.49. The van der Waals surface area contributed by atoms with E-state index in [0.717, 1.165) is 16.7 Å². The Morgan fingerprint density at radius 3 is 2.93 bits per heavy atom. The molecule has 2 nitrogen and oxygen atoms in total. The van der Waals surface area contributed by atoms with Gasteiger partial charge in [0.15, 0.2) is 0 Å². The smallest absolute Gasteiger partial charge is 0.310 e. The van der Waals surface area contributed by atoms with Gasteiger partial charge in [-0.15, -0.1) is 0 Å². The van der Waals surface area contributed by atoms with Crippen LogP contribution in [-0.4, -0.2) is 11.1 Å². The monoisotopic (exact) mass is 206 g/mol. The lowest BCUT2D eigenvalue weighted by Crippen LogP contribution is -2.10. The molecule has 0 heterocycles. The lowest BCUT2D eigenvalue weighted by Gasteiger charge is -2.09. The minimum atomic E-state index is -0.849. The largest absolute Gasteiger partial charge is 0.481 e. The van der Waals surface area contributed by atoms with Crippen LogP contribution in [0.2, 0.25) is 0 Å². The van der Waals surface area contributed by atoms with Crippen molar-refractivity contribution >= 4 is 11.5 Å². The van der Waals surface area contributed by atoms with Crippen molar-refractivity contribution in [2.24, 2.45) is 5.92 Å². The summed E-state index contributed by atoms with van der Waals surface area (Å²) in [6.07, 6.45) is 2.49. The second-order valence-corrected chi connectivity index (χ2v) is 3.72. The minimum absolute atomic E-state index is 0.272. The van der Waals surface area contributed by atoms with Gasteiger partial charge in [0, 0.05) is 0 Å². The van der Waals surface area contributed by atoms with E-state index in [1.165, 1.54) is 12.1 Å². The predicted molar refractivity (Wildman–Crippen MR) is 54.9 cm³/mol. The lowest BCUT2D eigenvalue weighted by atomic mass is 9.95. The number of hydrogen-bond acceptors (Lipinski definition) is 1. The zero-order chi connectivity index (χ0) is 11.0. The summed E-state index contributed by atoms with van der Waals surface area (Å²) in [4.78, 5) is 10.8. The molecule has 1 aliphatic rings. The van der Waals surface area contributed by atoms with Crippen molar-refractivity contribution in [2.45, 2.75) is 13.3 Å².